The fourth-order valence-electron chi connectivity index (χ4n) is 9.67. The van der Waals surface area contributed by atoms with Gasteiger partial charge in [0.15, 0.2) is 46.6 Å². The number of anilines is 2. The molecule has 0 saturated carbocycles. The molecule has 2 unspecified atom stereocenters. The van der Waals surface area contributed by atoms with Crippen molar-refractivity contribution < 1.29 is 65.2 Å². The van der Waals surface area contributed by atoms with Crippen LogP contribution in [0.25, 0.3) is 22.3 Å². The number of nitrogens with zero attached hydrogens (tertiary/aromatic N) is 8. The van der Waals surface area contributed by atoms with E-state index in [0.29, 0.717) is 28.2 Å². The number of rotatable bonds is 24. The van der Waals surface area contributed by atoms with Gasteiger partial charge in [-0.1, -0.05) is 86.6 Å². The van der Waals surface area contributed by atoms with Crippen molar-refractivity contribution in [3.8, 4) is 17.6 Å². The van der Waals surface area contributed by atoms with Crippen molar-refractivity contribution in [3.63, 3.8) is 0 Å². The SMILES string of the molecule is COc1ccc(C(OC[C@H]2O[C@@H](n3cnc4c(NC(=O)c5ccccc5)ncnc43)C[C@@H]2OP(=S)(OCCC#N)OC[C@H]2O[C@@H](n3cnc4c(=O)[nH]c(NC(=O)C(C)C)nc43)[C@H](O[P+](=O)O)[C@@H]2F)(c2ccccc2)c2ccc(OC)cc2)cc1. The average Bonchev–Trinajstić information content (AvgIpc) is 2.40. The largest absolute Gasteiger partial charge is 0.695 e. The second kappa shape index (κ2) is 26.0. The highest BCUT2D eigenvalue weighted by molar-refractivity contribution is 8.07. The minimum absolute atomic E-state index is 0.00534. The number of halogens is 1. The van der Waals surface area contributed by atoms with Gasteiger partial charge in [0.05, 0.1) is 65.3 Å². The van der Waals surface area contributed by atoms with E-state index in [4.69, 9.17) is 53.6 Å². The number of H-pyrrole nitrogens is 1. The predicted molar refractivity (Wildman–Crippen MR) is 303 cm³/mol. The molecule has 2 amide bonds. The minimum atomic E-state index is -4.17. The molecule has 6 heterocycles. The topological polar surface area (TPSA) is 310 Å². The lowest BCUT2D eigenvalue weighted by Gasteiger charge is -2.37. The first-order chi connectivity index (χ1) is 40.6. The Morgan fingerprint density at radius 1 is 0.857 bits per heavy atom. The van der Waals surface area contributed by atoms with Crippen molar-refractivity contribution >= 4 is 72.7 Å². The third-order valence-corrected chi connectivity index (χ3v) is 16.6. The Balaban J connectivity index is 0.996. The Bertz CT molecular complexity index is 3760. The van der Waals surface area contributed by atoms with Gasteiger partial charge < -0.3 is 42.6 Å². The van der Waals surface area contributed by atoms with Crippen LogP contribution in [0.5, 0.6) is 11.5 Å². The fraction of sp³-hybridized carbons (Fsp3) is 0.327. The number of alkyl halides is 1. The van der Waals surface area contributed by atoms with Gasteiger partial charge in [0.25, 0.3) is 11.5 Å². The van der Waals surface area contributed by atoms with Gasteiger partial charge >= 0.3 is 15.0 Å². The Morgan fingerprint density at radius 3 is 2.14 bits per heavy atom. The summed E-state index contributed by atoms with van der Waals surface area (Å²) < 4.78 is 87.9. The zero-order valence-corrected chi connectivity index (χ0v) is 47.9. The normalized spacial score (nSPS) is 20.6. The highest BCUT2D eigenvalue weighted by Gasteiger charge is 2.53. The number of carbonyl (C=O) groups excluding carboxylic acids is 2. The van der Waals surface area contributed by atoms with Gasteiger partial charge in [-0.2, -0.15) is 10.2 Å². The van der Waals surface area contributed by atoms with Crippen LogP contribution in [0.2, 0.25) is 0 Å². The molecular formula is C55H55FN11O14P2S+. The number of imidazole rings is 2. The Kier molecular flexibility index (Phi) is 18.3. The highest BCUT2D eigenvalue weighted by atomic mass is 32.5. The van der Waals surface area contributed by atoms with E-state index >= 15 is 4.39 Å². The monoisotopic (exact) mass is 1210 g/mol. The van der Waals surface area contributed by atoms with Crippen molar-refractivity contribution in [3.05, 3.63) is 161 Å². The summed E-state index contributed by atoms with van der Waals surface area (Å²) >= 11 is 6.12. The Morgan fingerprint density at radius 2 is 1.50 bits per heavy atom. The molecule has 29 heteroatoms. The molecule has 0 spiro atoms. The lowest BCUT2D eigenvalue weighted by atomic mass is 9.80. The van der Waals surface area contributed by atoms with Crippen LogP contribution >= 0.6 is 15.0 Å². The second-order valence-electron chi connectivity index (χ2n) is 19.4. The summed E-state index contributed by atoms with van der Waals surface area (Å²) in [4.78, 5) is 73.4. The van der Waals surface area contributed by atoms with Crippen molar-refractivity contribution in [2.24, 2.45) is 5.92 Å². The summed E-state index contributed by atoms with van der Waals surface area (Å²) in [5, 5.41) is 15.0. The van der Waals surface area contributed by atoms with Gasteiger partial charge in [0, 0.05) is 22.5 Å². The molecule has 4 N–H and O–H groups in total. The molecule has 2 aliphatic heterocycles. The third-order valence-electron chi connectivity index (χ3n) is 13.8. The number of hydrogen-bond acceptors (Lipinski definition) is 20. The van der Waals surface area contributed by atoms with Gasteiger partial charge in [-0.15, -0.1) is 9.42 Å². The first-order valence-corrected chi connectivity index (χ1v) is 29.8. The number of aromatic amines is 1. The van der Waals surface area contributed by atoms with Crippen molar-refractivity contribution in [1.29, 1.82) is 5.26 Å². The number of ether oxygens (including phenoxy) is 5. The van der Waals surface area contributed by atoms with E-state index in [1.54, 1.807) is 63.0 Å². The van der Waals surface area contributed by atoms with E-state index in [1.165, 1.54) is 12.7 Å². The lowest BCUT2D eigenvalue weighted by Crippen LogP contribution is -2.38. The first kappa shape index (κ1) is 59.3. The Hall–Kier alpha value is -7.83. The maximum atomic E-state index is 16.9. The number of nitriles is 1. The van der Waals surface area contributed by atoms with Gasteiger partial charge in [0.2, 0.25) is 11.9 Å². The molecule has 0 radical (unpaired) electrons. The van der Waals surface area contributed by atoms with Crippen LogP contribution in [0.1, 0.15) is 66.2 Å². The summed E-state index contributed by atoms with van der Waals surface area (Å²) in [5.41, 5.74) is 0.521. The highest BCUT2D eigenvalue weighted by Crippen LogP contribution is 2.55. The Labute approximate surface area is 484 Å². The quantitative estimate of drug-likeness (QED) is 0.0253. The smallest absolute Gasteiger partial charge is 0.497 e. The molecule has 10 rings (SSSR count). The number of carbonyl (C=O) groups is 2. The summed E-state index contributed by atoms with van der Waals surface area (Å²) in [7, 11) is -0.318. The van der Waals surface area contributed by atoms with Crippen LogP contribution in [-0.2, 0) is 59.1 Å². The molecule has 4 aromatic carbocycles. The number of methoxy groups -OCH3 is 2. The summed E-state index contributed by atoms with van der Waals surface area (Å²) in [5.74, 6) is -0.312. The van der Waals surface area contributed by atoms with E-state index in [-0.39, 0.29) is 60.1 Å². The molecular weight excluding hydrogens is 1150 g/mol. The zero-order chi connectivity index (χ0) is 59.1. The lowest BCUT2D eigenvalue weighted by molar-refractivity contribution is -0.118. The predicted octanol–water partition coefficient (Wildman–Crippen LogP) is 7.95. The summed E-state index contributed by atoms with van der Waals surface area (Å²) in [6, 6.07) is 34.9. The molecule has 2 fully saturated rings. The van der Waals surface area contributed by atoms with Gasteiger partial charge in [-0.25, -0.2) is 24.3 Å². The summed E-state index contributed by atoms with van der Waals surface area (Å²) in [6.07, 6.45) is -6.65. The number of benzene rings is 4. The number of nitrogens with one attached hydrogen (secondary N) is 3. The number of fused-ring (bicyclic) bond motifs is 2. The molecule has 2 aliphatic rings. The van der Waals surface area contributed by atoms with Gasteiger partial charge in [-0.05, 0) is 64.9 Å². The molecule has 84 heavy (non-hydrogen) atoms. The molecule has 4 aromatic heterocycles. The standard InChI is InChI=1S/C55H54FN11O14P2S/c1-32(2)50(68)64-54-63-49-45(52(70)65-54)61-31-67(49)53-46(80-82(71)72)43(56)41(79-53)28-77-83(84,76-25-11-24-57)81-39-26-42(66-30-60-44-47(58-29-59-48(44)66)62-51(69)33-12-7-5-8-13-33)78-40(39)27-75-55(34-14-9-6-10-15-34,35-16-20-37(73-3)21-17-35)36-18-22-38(74-4)23-19-36/h5-10,12-23,29-32,39-43,46,53H,11,25-28H2,1-4H3,(H3-,58,59,62,63,64,65,68,69,70,71,72)/p+1/t39-,40+,41+,42+,43+,46+,53+,83?/m0/s1. The molecule has 0 bridgehead atoms. The van der Waals surface area contributed by atoms with Gasteiger partial charge in [-0.3, -0.25) is 33.8 Å². The van der Waals surface area contributed by atoms with Crippen LogP contribution < -0.4 is 25.7 Å². The molecule has 0 aliphatic carbocycles. The van der Waals surface area contributed by atoms with Crippen LogP contribution in [0.3, 0.4) is 0 Å². The van der Waals surface area contributed by atoms with Crippen LogP contribution in [0.4, 0.5) is 16.2 Å². The van der Waals surface area contributed by atoms with Crippen molar-refractivity contribution in [2.75, 3.05) is 44.7 Å². The molecule has 25 nitrogen and oxygen atoms in total. The number of hydrogen-bond donors (Lipinski definition) is 4. The van der Waals surface area contributed by atoms with Crippen molar-refractivity contribution in [2.45, 2.75) is 75.3 Å². The maximum absolute atomic E-state index is 16.9. The minimum Gasteiger partial charge on any atom is -0.497 e. The number of aromatic nitrogens is 8. The summed E-state index contributed by atoms with van der Waals surface area (Å²) in [6.45, 7) is -2.14. The van der Waals surface area contributed by atoms with Gasteiger partial charge in [0.1, 0.15) is 41.9 Å². The fourth-order valence-corrected chi connectivity index (χ4v) is 12.2. The van der Waals surface area contributed by atoms with E-state index in [0.717, 1.165) is 16.5 Å². The molecule has 2 saturated heterocycles. The van der Waals surface area contributed by atoms with E-state index in [9.17, 15) is 29.1 Å². The number of amides is 2. The molecule has 9 atom stereocenters. The zero-order valence-electron chi connectivity index (χ0n) is 45.3. The molecule has 436 valence electrons. The van der Waals surface area contributed by atoms with E-state index in [1.807, 2.05) is 84.9 Å². The average molecular weight is 1210 g/mol. The second-order valence-corrected chi connectivity index (χ2v) is 23.0. The van der Waals surface area contributed by atoms with Crippen LogP contribution in [0.15, 0.2) is 133 Å². The van der Waals surface area contributed by atoms with Crippen molar-refractivity contribution in [1.82, 2.24) is 39.0 Å². The van der Waals surface area contributed by atoms with Crippen LogP contribution in [-0.4, -0.2) is 120 Å². The van der Waals surface area contributed by atoms with E-state index < -0.39 is 93.5 Å². The van der Waals surface area contributed by atoms with Crippen LogP contribution in [0, 0.1) is 17.2 Å². The third kappa shape index (κ3) is 12.7. The van der Waals surface area contributed by atoms with E-state index in [2.05, 4.69) is 40.5 Å². The molecule has 8 aromatic rings. The first-order valence-electron chi connectivity index (χ1n) is 26.1. The maximum Gasteiger partial charge on any atom is 0.695 e.